The summed E-state index contributed by atoms with van der Waals surface area (Å²) < 4.78 is 0.572. The number of aromatic nitrogens is 5. The van der Waals surface area contributed by atoms with Gasteiger partial charge in [-0.15, -0.1) is 23.1 Å². The van der Waals surface area contributed by atoms with E-state index >= 15 is 0 Å². The molecule has 3 aromatic rings. The smallest absolute Gasteiger partial charge is 0.276 e. The number of quaternary nitrogens is 1. The molecule has 2 aromatic heterocycles. The predicted octanol–water partition coefficient (Wildman–Crippen LogP) is -0.313. The number of hydrogen-bond donors (Lipinski definition) is 5. The minimum atomic E-state index is -1.88. The average Bonchev–Trinajstić information content (AvgIpc) is 3.91. The number of nitrogens with zero attached hydrogens (tertiary/aromatic N) is 8. The van der Waals surface area contributed by atoms with Crippen molar-refractivity contribution in [2.75, 3.05) is 44.2 Å². The van der Waals surface area contributed by atoms with Crippen molar-refractivity contribution in [1.29, 1.82) is 0 Å². The highest BCUT2D eigenvalue weighted by molar-refractivity contribution is 8.00. The van der Waals surface area contributed by atoms with Crippen molar-refractivity contribution in [3.05, 3.63) is 44.1 Å². The van der Waals surface area contributed by atoms with E-state index in [-0.39, 0.29) is 44.5 Å². The van der Waals surface area contributed by atoms with E-state index < -0.39 is 52.2 Å². The van der Waals surface area contributed by atoms with E-state index in [2.05, 4.69) is 41.4 Å². The van der Waals surface area contributed by atoms with Gasteiger partial charge in [0.25, 0.3) is 17.7 Å². The number of carboxylic acids is 1. The summed E-state index contributed by atoms with van der Waals surface area (Å²) in [4.78, 5) is 62.5. The molecule has 6 rings (SSSR count). The first-order chi connectivity index (χ1) is 25.1. The number of nitrogen functional groups attached to an aromatic ring is 1. The van der Waals surface area contributed by atoms with Gasteiger partial charge >= 0.3 is 0 Å². The number of nitrogens with two attached hydrogens (primary N) is 1. The predicted molar refractivity (Wildman–Crippen MR) is 189 cm³/mol. The van der Waals surface area contributed by atoms with Gasteiger partial charge in [0.1, 0.15) is 23.7 Å². The Labute approximate surface area is 319 Å². The molecule has 282 valence electrons. The maximum atomic E-state index is 13.8. The summed E-state index contributed by atoms with van der Waals surface area (Å²) in [6.07, 6.45) is 1.87. The number of thioether (sulfide) groups is 1. The van der Waals surface area contributed by atoms with Gasteiger partial charge in [0.05, 0.1) is 59.3 Å². The van der Waals surface area contributed by atoms with Crippen LogP contribution in [0.3, 0.4) is 0 Å². The number of halogens is 2. The number of benzene rings is 1. The Morgan fingerprint density at radius 2 is 1.98 bits per heavy atom. The lowest BCUT2D eigenvalue weighted by Crippen LogP contribution is -2.70. The van der Waals surface area contributed by atoms with Crippen LogP contribution in [0, 0.1) is 0 Å². The lowest BCUT2D eigenvalue weighted by Gasteiger charge is -2.51. The van der Waals surface area contributed by atoms with E-state index in [1.165, 1.54) is 42.0 Å². The van der Waals surface area contributed by atoms with Crippen molar-refractivity contribution in [2.24, 2.45) is 5.16 Å². The summed E-state index contributed by atoms with van der Waals surface area (Å²) in [5.41, 5.74) is 4.71. The number of likely N-dealkylation sites (tertiary alicyclic amines) is 1. The lowest BCUT2D eigenvalue weighted by molar-refractivity contribution is -0.911. The maximum absolute atomic E-state index is 13.8. The molecule has 19 nitrogen and oxygen atoms in total. The van der Waals surface area contributed by atoms with Crippen molar-refractivity contribution in [1.82, 2.24) is 41.1 Å². The van der Waals surface area contributed by atoms with Gasteiger partial charge in [-0.2, -0.15) is 5.21 Å². The minimum Gasteiger partial charge on any atom is -0.546 e. The van der Waals surface area contributed by atoms with E-state index in [0.29, 0.717) is 29.0 Å². The number of aromatic hydroxyl groups is 2. The zero-order valence-corrected chi connectivity index (χ0v) is 31.2. The van der Waals surface area contributed by atoms with E-state index in [4.69, 9.17) is 33.8 Å². The van der Waals surface area contributed by atoms with Gasteiger partial charge < -0.3 is 50.9 Å². The summed E-state index contributed by atoms with van der Waals surface area (Å²) in [5.74, 6) is -4.19. The summed E-state index contributed by atoms with van der Waals surface area (Å²) in [6.45, 7) is 5.21. The van der Waals surface area contributed by atoms with Gasteiger partial charge in [0, 0.05) is 29.5 Å². The topological polar surface area (TPSA) is 272 Å². The number of anilines is 1. The standard InChI is InChI=1S/C30H33Cl2N11O8S2/c1-30(2,28(49)50)51-39-18(16-12-53-29(33)35-16)25(47)36-19-26(48)42-20(23-37-40-41-38-23)13(11-52-27(19)42)10-43(6-3-4-7-43)8-5-34-24(46)14-9-15(31)21(44)22(45)17(14)32/h9,12,19,27H,3-8,10-11H2,1-2H3,(H7-,33,34,35,36,37,38,39,40,41,44,45,46,47,49,50)/p-1/t19-,27-/m1/s1. The van der Waals surface area contributed by atoms with Crippen LogP contribution < -0.4 is 26.6 Å². The van der Waals surface area contributed by atoms with Crippen LogP contribution in [0.1, 0.15) is 48.6 Å². The van der Waals surface area contributed by atoms with Crippen molar-refractivity contribution >= 4 is 86.5 Å². The van der Waals surface area contributed by atoms with Crippen LogP contribution in [0.5, 0.6) is 11.5 Å². The van der Waals surface area contributed by atoms with Crippen LogP contribution in [-0.2, 0) is 19.2 Å². The number of amides is 3. The quantitative estimate of drug-likeness (QED) is 0.0487. The molecule has 0 spiro atoms. The Morgan fingerprint density at radius 1 is 1.25 bits per heavy atom. The van der Waals surface area contributed by atoms with E-state index in [9.17, 15) is 34.5 Å². The molecule has 1 aromatic carbocycles. The lowest BCUT2D eigenvalue weighted by atomic mass is 10.0. The number of hydrogen-bond acceptors (Lipinski definition) is 16. The number of phenols is 2. The molecule has 0 radical (unpaired) electrons. The fourth-order valence-corrected chi connectivity index (χ4v) is 8.52. The Morgan fingerprint density at radius 3 is 2.62 bits per heavy atom. The Balaban J connectivity index is 1.20. The second kappa shape index (κ2) is 15.0. The van der Waals surface area contributed by atoms with Gasteiger partial charge in [-0.1, -0.05) is 28.4 Å². The number of carbonyl (C=O) groups excluding carboxylic acids is 4. The number of β-lactam (4-membered cyclic amide) rings is 1. The number of phenolic OH excluding ortho intramolecular Hbond substituents is 2. The molecule has 3 aliphatic rings. The van der Waals surface area contributed by atoms with Crippen LogP contribution in [0.2, 0.25) is 10.0 Å². The first-order valence-electron chi connectivity index (χ1n) is 16.0. The Hall–Kier alpha value is -4.70. The third-order valence-electron chi connectivity index (χ3n) is 9.02. The molecule has 2 fully saturated rings. The molecule has 2 saturated heterocycles. The molecule has 0 saturated carbocycles. The molecule has 0 aliphatic carbocycles. The summed E-state index contributed by atoms with van der Waals surface area (Å²) in [5, 5.41) is 56.4. The SMILES string of the molecule is CC(C)(O/N=C(\C(=O)N[C@@H]1C(=O)N2C(c3nnn[n-]3)=C(C[N+]3(CCNC(=O)c4cc(Cl)c(O)c(O)c4Cl)CCCC3)CS[C@H]12)c1csc(N)n1)C(=O)[O-]. The summed E-state index contributed by atoms with van der Waals surface area (Å²) >= 11 is 14.5. The number of carbonyl (C=O) groups is 4. The molecule has 5 heterocycles. The maximum Gasteiger partial charge on any atom is 0.276 e. The second-order valence-corrected chi connectivity index (χ2v) is 15.7. The van der Waals surface area contributed by atoms with Gasteiger partial charge in [0.15, 0.2) is 27.9 Å². The van der Waals surface area contributed by atoms with Gasteiger partial charge in [-0.05, 0) is 19.9 Å². The van der Waals surface area contributed by atoms with Crippen molar-refractivity contribution < 1.29 is 43.8 Å². The number of rotatable bonds is 13. The molecular weight excluding hydrogens is 777 g/mol. The zero-order chi connectivity index (χ0) is 38.2. The normalized spacial score (nSPS) is 19.8. The number of oxime groups is 1. The molecule has 3 aliphatic heterocycles. The average molecular weight is 810 g/mol. The van der Waals surface area contributed by atoms with Crippen LogP contribution >= 0.6 is 46.3 Å². The molecule has 0 bridgehead atoms. The zero-order valence-electron chi connectivity index (χ0n) is 28.0. The Bertz CT molecular complexity index is 2020. The van der Waals surface area contributed by atoms with Crippen LogP contribution in [0.4, 0.5) is 5.13 Å². The third kappa shape index (κ3) is 7.56. The molecule has 6 N–H and O–H groups in total. The van der Waals surface area contributed by atoms with Gasteiger partial charge in [0.2, 0.25) is 0 Å². The van der Waals surface area contributed by atoms with Gasteiger partial charge in [-0.25, -0.2) is 4.98 Å². The van der Waals surface area contributed by atoms with Crippen LogP contribution in [0.25, 0.3) is 5.70 Å². The molecular formula is C30H32Cl2N11O8S2-. The number of nitrogens with one attached hydrogen (secondary N) is 2. The van der Waals surface area contributed by atoms with E-state index in [1.54, 1.807) is 0 Å². The molecule has 53 heavy (non-hydrogen) atoms. The number of tetrazole rings is 1. The number of carboxylic acid groups (broad SMARTS) is 1. The monoisotopic (exact) mass is 808 g/mol. The molecule has 2 atom stereocenters. The van der Waals surface area contributed by atoms with Crippen molar-refractivity contribution in [2.45, 2.75) is 43.7 Å². The fourth-order valence-electron chi connectivity index (χ4n) is 6.21. The third-order valence-corrected chi connectivity index (χ3v) is 11.7. The van der Waals surface area contributed by atoms with E-state index in [0.717, 1.165) is 42.8 Å². The first kappa shape index (κ1) is 38.0. The highest BCUT2D eigenvalue weighted by Gasteiger charge is 2.54. The van der Waals surface area contributed by atoms with Crippen LogP contribution in [-0.4, -0.2) is 125 Å². The summed E-state index contributed by atoms with van der Waals surface area (Å²) in [6, 6.07) is 0.164. The highest BCUT2D eigenvalue weighted by Crippen LogP contribution is 2.44. The minimum absolute atomic E-state index is 0.0215. The highest BCUT2D eigenvalue weighted by atomic mass is 35.5. The summed E-state index contributed by atoms with van der Waals surface area (Å²) in [7, 11) is 0. The Kier molecular flexibility index (Phi) is 10.7. The second-order valence-electron chi connectivity index (χ2n) is 13.0. The molecule has 23 heteroatoms. The first-order valence-corrected chi connectivity index (χ1v) is 18.7. The molecule has 0 unspecified atom stereocenters. The van der Waals surface area contributed by atoms with E-state index in [1.807, 2.05) is 0 Å². The number of fused-ring (bicyclic) bond motifs is 1. The molecule has 3 amide bonds. The fraction of sp³-hybridized carbons (Fsp3) is 0.433. The van der Waals surface area contributed by atoms with Gasteiger partial charge in [-0.3, -0.25) is 29.6 Å². The number of aliphatic carboxylic acids is 1. The van der Waals surface area contributed by atoms with Crippen LogP contribution in [0.15, 0.2) is 22.2 Å². The largest absolute Gasteiger partial charge is 0.546 e. The van der Waals surface area contributed by atoms with Crippen molar-refractivity contribution in [3.63, 3.8) is 0 Å². The number of thiazole rings is 1. The van der Waals surface area contributed by atoms with Crippen molar-refractivity contribution in [3.8, 4) is 11.5 Å².